The molecule has 120 valence electrons. The first-order chi connectivity index (χ1) is 9.29. The normalized spacial score (nSPS) is 15.7. The molecule has 0 aromatic carbocycles. The van der Waals surface area contributed by atoms with Gasteiger partial charge in [-0.3, -0.25) is 4.79 Å². The van der Waals surface area contributed by atoms with Crippen molar-refractivity contribution in [2.75, 3.05) is 31.1 Å². The standard InChI is InChI=1S/C15H30N2OS.ClH/c1-3-5-12-19-13-8-15(18)17(11-4-2)14-6-9-16-10-7-14;/h14,16H,3-13H2,1-2H3;1H. The summed E-state index contributed by atoms with van der Waals surface area (Å²) in [6, 6.07) is 0.481. The molecule has 20 heavy (non-hydrogen) atoms. The summed E-state index contributed by atoms with van der Waals surface area (Å²) < 4.78 is 0. The van der Waals surface area contributed by atoms with Gasteiger partial charge in [0.15, 0.2) is 0 Å². The van der Waals surface area contributed by atoms with Crippen molar-refractivity contribution in [2.45, 2.75) is 58.4 Å². The third-order valence-electron chi connectivity index (χ3n) is 3.64. The SMILES string of the molecule is CCCCSCCC(=O)N(CCC)C1CCNCC1.Cl. The molecule has 1 aliphatic heterocycles. The van der Waals surface area contributed by atoms with Gasteiger partial charge in [-0.2, -0.15) is 11.8 Å². The summed E-state index contributed by atoms with van der Waals surface area (Å²) in [5, 5.41) is 3.37. The molecule has 1 saturated heterocycles. The van der Waals surface area contributed by atoms with Crippen LogP contribution in [0.4, 0.5) is 0 Å². The Morgan fingerprint density at radius 1 is 1.20 bits per heavy atom. The predicted octanol–water partition coefficient (Wildman–Crippen LogP) is 3.32. The van der Waals surface area contributed by atoms with Crippen LogP contribution in [0, 0.1) is 0 Å². The molecule has 1 N–H and O–H groups in total. The number of nitrogens with zero attached hydrogens (tertiary/aromatic N) is 1. The Morgan fingerprint density at radius 3 is 2.50 bits per heavy atom. The van der Waals surface area contributed by atoms with E-state index in [4.69, 9.17) is 0 Å². The number of unbranched alkanes of at least 4 members (excludes halogenated alkanes) is 1. The Balaban J connectivity index is 0.00000361. The minimum Gasteiger partial charge on any atom is -0.340 e. The van der Waals surface area contributed by atoms with Gasteiger partial charge in [-0.25, -0.2) is 0 Å². The second-order valence-corrected chi connectivity index (χ2v) is 6.51. The summed E-state index contributed by atoms with van der Waals surface area (Å²) in [7, 11) is 0. The first-order valence-corrected chi connectivity index (χ1v) is 9.03. The number of piperidine rings is 1. The van der Waals surface area contributed by atoms with Gasteiger partial charge in [0.1, 0.15) is 0 Å². The van der Waals surface area contributed by atoms with Crippen molar-refractivity contribution in [3.63, 3.8) is 0 Å². The second-order valence-electron chi connectivity index (χ2n) is 5.28. The molecule has 0 aromatic heterocycles. The van der Waals surface area contributed by atoms with E-state index >= 15 is 0 Å². The zero-order valence-electron chi connectivity index (χ0n) is 13.0. The lowest BCUT2D eigenvalue weighted by Crippen LogP contribution is -2.46. The Morgan fingerprint density at radius 2 is 1.90 bits per heavy atom. The topological polar surface area (TPSA) is 32.3 Å². The summed E-state index contributed by atoms with van der Waals surface area (Å²) in [5.74, 6) is 2.56. The van der Waals surface area contributed by atoms with Crippen LogP contribution in [0.25, 0.3) is 0 Å². The summed E-state index contributed by atoms with van der Waals surface area (Å²) in [4.78, 5) is 14.5. The van der Waals surface area contributed by atoms with Crippen molar-refractivity contribution in [2.24, 2.45) is 0 Å². The number of hydrogen-bond acceptors (Lipinski definition) is 3. The number of hydrogen-bond donors (Lipinski definition) is 1. The van der Waals surface area contributed by atoms with E-state index in [0.29, 0.717) is 11.9 Å². The molecular formula is C15H31ClN2OS. The smallest absolute Gasteiger partial charge is 0.223 e. The Bertz CT molecular complexity index is 248. The number of amides is 1. The van der Waals surface area contributed by atoms with Crippen molar-refractivity contribution in [1.29, 1.82) is 0 Å². The van der Waals surface area contributed by atoms with Gasteiger partial charge in [-0.1, -0.05) is 20.3 Å². The Kier molecular flexibility index (Phi) is 12.8. The maximum atomic E-state index is 12.4. The molecule has 0 radical (unpaired) electrons. The number of thioether (sulfide) groups is 1. The largest absolute Gasteiger partial charge is 0.340 e. The highest BCUT2D eigenvalue weighted by Crippen LogP contribution is 2.15. The lowest BCUT2D eigenvalue weighted by Gasteiger charge is -2.34. The minimum atomic E-state index is 0. The van der Waals surface area contributed by atoms with Crippen LogP contribution < -0.4 is 5.32 Å². The molecule has 1 aliphatic rings. The molecule has 0 bridgehead atoms. The van der Waals surface area contributed by atoms with Crippen molar-refractivity contribution in [1.82, 2.24) is 10.2 Å². The van der Waals surface area contributed by atoms with Crippen LogP contribution >= 0.6 is 24.2 Å². The Labute approximate surface area is 135 Å². The van der Waals surface area contributed by atoms with Gasteiger partial charge in [0.25, 0.3) is 0 Å². The monoisotopic (exact) mass is 322 g/mol. The molecule has 0 atom stereocenters. The van der Waals surface area contributed by atoms with Crippen LogP contribution in [0.3, 0.4) is 0 Å². The molecule has 0 saturated carbocycles. The van der Waals surface area contributed by atoms with Crippen LogP contribution in [0.1, 0.15) is 52.4 Å². The first kappa shape index (κ1) is 20.1. The molecule has 0 unspecified atom stereocenters. The maximum Gasteiger partial charge on any atom is 0.223 e. The van der Waals surface area contributed by atoms with Crippen LogP contribution in [-0.2, 0) is 4.79 Å². The first-order valence-electron chi connectivity index (χ1n) is 7.87. The summed E-state index contributed by atoms with van der Waals surface area (Å²) >= 11 is 1.93. The molecule has 0 aromatic rings. The summed E-state index contributed by atoms with van der Waals surface area (Å²) in [6.07, 6.45) is 6.55. The quantitative estimate of drug-likeness (QED) is 0.661. The van der Waals surface area contributed by atoms with Gasteiger partial charge in [0.05, 0.1) is 0 Å². The van der Waals surface area contributed by atoms with Crippen molar-refractivity contribution < 1.29 is 4.79 Å². The lowest BCUT2D eigenvalue weighted by atomic mass is 10.0. The van der Waals surface area contributed by atoms with Gasteiger partial charge in [0, 0.05) is 24.8 Å². The minimum absolute atomic E-state index is 0. The van der Waals surface area contributed by atoms with E-state index in [0.717, 1.165) is 51.1 Å². The molecule has 1 heterocycles. The van der Waals surface area contributed by atoms with Crippen LogP contribution in [0.2, 0.25) is 0 Å². The fraction of sp³-hybridized carbons (Fsp3) is 0.933. The molecule has 1 fully saturated rings. The fourth-order valence-electron chi connectivity index (χ4n) is 2.52. The lowest BCUT2D eigenvalue weighted by molar-refractivity contribution is -0.133. The number of carbonyl (C=O) groups is 1. The summed E-state index contributed by atoms with van der Waals surface area (Å²) in [6.45, 7) is 7.43. The zero-order chi connectivity index (χ0) is 13.9. The third-order valence-corrected chi connectivity index (χ3v) is 4.71. The molecule has 0 aliphatic carbocycles. The van der Waals surface area contributed by atoms with E-state index in [-0.39, 0.29) is 12.4 Å². The van der Waals surface area contributed by atoms with Crippen molar-refractivity contribution in [3.8, 4) is 0 Å². The average Bonchev–Trinajstić information content (AvgIpc) is 2.45. The van der Waals surface area contributed by atoms with Crippen LogP contribution in [0.15, 0.2) is 0 Å². The molecule has 0 spiro atoms. The Hall–Kier alpha value is 0.0700. The van der Waals surface area contributed by atoms with E-state index in [2.05, 4.69) is 24.1 Å². The summed E-state index contributed by atoms with van der Waals surface area (Å²) in [5.41, 5.74) is 0. The third kappa shape index (κ3) is 7.75. The highest BCUT2D eigenvalue weighted by atomic mass is 35.5. The molecule has 1 amide bonds. The zero-order valence-corrected chi connectivity index (χ0v) is 14.7. The molecule has 5 heteroatoms. The average molecular weight is 323 g/mol. The van der Waals surface area contributed by atoms with Gasteiger partial charge in [0.2, 0.25) is 5.91 Å². The molecular weight excluding hydrogens is 292 g/mol. The van der Waals surface area contributed by atoms with Gasteiger partial charge < -0.3 is 10.2 Å². The number of carbonyl (C=O) groups excluding carboxylic acids is 1. The van der Waals surface area contributed by atoms with E-state index in [1.807, 2.05) is 11.8 Å². The van der Waals surface area contributed by atoms with E-state index in [1.54, 1.807) is 0 Å². The molecule has 3 nitrogen and oxygen atoms in total. The number of rotatable bonds is 9. The highest BCUT2D eigenvalue weighted by Gasteiger charge is 2.23. The fourth-order valence-corrected chi connectivity index (χ4v) is 3.54. The second kappa shape index (κ2) is 12.8. The number of halogens is 1. The number of nitrogens with one attached hydrogen (secondary N) is 1. The van der Waals surface area contributed by atoms with Crippen LogP contribution in [0.5, 0.6) is 0 Å². The van der Waals surface area contributed by atoms with E-state index in [9.17, 15) is 4.79 Å². The maximum absolute atomic E-state index is 12.4. The van der Waals surface area contributed by atoms with Crippen molar-refractivity contribution in [3.05, 3.63) is 0 Å². The van der Waals surface area contributed by atoms with Crippen LogP contribution in [-0.4, -0.2) is 48.0 Å². The van der Waals surface area contributed by atoms with Gasteiger partial charge in [-0.05, 0) is 44.5 Å². The molecule has 1 rings (SSSR count). The predicted molar refractivity (Wildman–Crippen MR) is 92.0 cm³/mol. The van der Waals surface area contributed by atoms with Crippen molar-refractivity contribution >= 4 is 30.1 Å². The van der Waals surface area contributed by atoms with Gasteiger partial charge >= 0.3 is 0 Å². The van der Waals surface area contributed by atoms with E-state index in [1.165, 1.54) is 18.6 Å². The van der Waals surface area contributed by atoms with Gasteiger partial charge in [-0.15, -0.1) is 12.4 Å². The van der Waals surface area contributed by atoms with E-state index < -0.39 is 0 Å². The highest BCUT2D eigenvalue weighted by molar-refractivity contribution is 7.99.